The van der Waals surface area contributed by atoms with Gasteiger partial charge in [-0.15, -0.1) is 11.3 Å². The molecule has 0 radical (unpaired) electrons. The van der Waals surface area contributed by atoms with E-state index >= 15 is 0 Å². The Morgan fingerprint density at radius 3 is 2.55 bits per heavy atom. The van der Waals surface area contributed by atoms with Crippen LogP contribution in [0, 0.1) is 0 Å². The molecule has 0 spiro atoms. The zero-order valence-corrected chi connectivity index (χ0v) is 23.4. The van der Waals surface area contributed by atoms with Crippen molar-refractivity contribution in [1.82, 2.24) is 14.6 Å². The molecule has 0 bridgehead atoms. The lowest BCUT2D eigenvalue weighted by Crippen LogP contribution is -2.43. The van der Waals surface area contributed by atoms with E-state index in [1.54, 1.807) is 12.1 Å². The van der Waals surface area contributed by atoms with Gasteiger partial charge in [0.05, 0.1) is 35.9 Å². The van der Waals surface area contributed by atoms with Crippen LogP contribution in [0.4, 0.5) is 22.0 Å². The smallest absolute Gasteiger partial charge is 0.333 e. The first-order valence-corrected chi connectivity index (χ1v) is 15.0. The number of anilines is 3. The molecule has 0 atom stereocenters. The minimum atomic E-state index is -4.10. The minimum absolute atomic E-state index is 0.0226. The number of thiophene rings is 1. The van der Waals surface area contributed by atoms with Gasteiger partial charge in [0.2, 0.25) is 5.91 Å². The molecule has 40 heavy (non-hydrogen) atoms. The molecular formula is C25H25ClN6O6S2. The van der Waals surface area contributed by atoms with Crippen molar-refractivity contribution < 1.29 is 27.5 Å². The molecule has 1 fully saturated rings. The average Bonchev–Trinajstić information content (AvgIpc) is 3.37. The SMILES string of the molecule is O=C(Nc1ccc(N2C(=O)Cc3cc(NCCN4CCOCC4)ccc3C2=O)nc1)NS(=O)(=O)c1ccc(Cl)s1. The molecule has 2 aliphatic rings. The van der Waals surface area contributed by atoms with Gasteiger partial charge in [0.1, 0.15) is 10.0 Å². The number of ether oxygens (including phenoxy) is 1. The second-order valence-electron chi connectivity index (χ2n) is 8.99. The lowest BCUT2D eigenvalue weighted by molar-refractivity contribution is -0.117. The number of sulfonamides is 1. The lowest BCUT2D eigenvalue weighted by atomic mass is 9.97. The normalized spacial score (nSPS) is 16.0. The Morgan fingerprint density at radius 2 is 1.85 bits per heavy atom. The van der Waals surface area contributed by atoms with E-state index in [-0.39, 0.29) is 26.5 Å². The summed E-state index contributed by atoms with van der Waals surface area (Å²) in [4.78, 5) is 45.8. The molecule has 1 aromatic carbocycles. The van der Waals surface area contributed by atoms with Crippen LogP contribution in [0.1, 0.15) is 15.9 Å². The molecule has 15 heteroatoms. The van der Waals surface area contributed by atoms with Crippen LogP contribution in [-0.2, 0) is 26.0 Å². The topological polar surface area (TPSA) is 150 Å². The van der Waals surface area contributed by atoms with E-state index in [2.05, 4.69) is 20.5 Å². The highest BCUT2D eigenvalue weighted by Crippen LogP contribution is 2.28. The Balaban J connectivity index is 1.20. The lowest BCUT2D eigenvalue weighted by Gasteiger charge is -2.27. The summed E-state index contributed by atoms with van der Waals surface area (Å²) < 4.78 is 32.0. The summed E-state index contributed by atoms with van der Waals surface area (Å²) in [6.07, 6.45) is 1.25. The van der Waals surface area contributed by atoms with Gasteiger partial charge in [-0.1, -0.05) is 11.6 Å². The number of nitrogens with zero attached hydrogens (tertiary/aromatic N) is 3. The Hall–Kier alpha value is -3.56. The molecule has 0 unspecified atom stereocenters. The van der Waals surface area contributed by atoms with Gasteiger partial charge in [-0.25, -0.2) is 27.8 Å². The first kappa shape index (κ1) is 28.0. The number of aromatic nitrogens is 1. The van der Waals surface area contributed by atoms with Gasteiger partial charge >= 0.3 is 6.03 Å². The van der Waals surface area contributed by atoms with Crippen LogP contribution in [0.3, 0.4) is 0 Å². The number of urea groups is 1. The van der Waals surface area contributed by atoms with Gasteiger partial charge < -0.3 is 15.4 Å². The predicted molar refractivity (Wildman–Crippen MR) is 151 cm³/mol. The highest BCUT2D eigenvalue weighted by Gasteiger charge is 2.33. The fourth-order valence-electron chi connectivity index (χ4n) is 4.31. The summed E-state index contributed by atoms with van der Waals surface area (Å²) in [5, 5.41) is 5.71. The zero-order valence-electron chi connectivity index (χ0n) is 21.1. The first-order chi connectivity index (χ1) is 19.2. The summed E-state index contributed by atoms with van der Waals surface area (Å²) in [5.74, 6) is -0.854. The molecule has 3 N–H and O–H groups in total. The number of rotatable bonds is 8. The second kappa shape index (κ2) is 11.9. The molecule has 2 aliphatic heterocycles. The molecule has 5 rings (SSSR count). The molecule has 0 saturated carbocycles. The maximum absolute atomic E-state index is 13.2. The van der Waals surface area contributed by atoms with Crippen molar-refractivity contribution in [3.63, 3.8) is 0 Å². The quantitative estimate of drug-likeness (QED) is 0.330. The second-order valence-corrected chi connectivity index (χ2v) is 12.6. The van der Waals surface area contributed by atoms with E-state index in [1.807, 2.05) is 10.8 Å². The van der Waals surface area contributed by atoms with Crippen LogP contribution < -0.4 is 20.3 Å². The minimum Gasteiger partial charge on any atom is -0.384 e. The van der Waals surface area contributed by atoms with Crippen LogP contribution in [0.25, 0.3) is 0 Å². The maximum atomic E-state index is 13.2. The van der Waals surface area contributed by atoms with Crippen LogP contribution in [0.5, 0.6) is 0 Å². The number of fused-ring (bicyclic) bond motifs is 1. The van der Waals surface area contributed by atoms with Gasteiger partial charge in [0, 0.05) is 37.4 Å². The molecule has 0 aliphatic carbocycles. The summed E-state index contributed by atoms with van der Waals surface area (Å²) in [5.41, 5.74) is 2.02. The highest BCUT2D eigenvalue weighted by atomic mass is 35.5. The van der Waals surface area contributed by atoms with E-state index in [9.17, 15) is 22.8 Å². The third-order valence-electron chi connectivity index (χ3n) is 6.27. The fraction of sp³-hybridized carbons (Fsp3) is 0.280. The molecule has 1 saturated heterocycles. The van der Waals surface area contributed by atoms with Gasteiger partial charge in [0.25, 0.3) is 15.9 Å². The van der Waals surface area contributed by atoms with E-state index in [4.69, 9.17) is 16.3 Å². The molecule has 4 amide bonds. The molecule has 12 nitrogen and oxygen atoms in total. The number of halogens is 1. The fourth-order valence-corrected chi connectivity index (χ4v) is 6.70. The summed E-state index contributed by atoms with van der Waals surface area (Å²) in [6.45, 7) is 4.86. The van der Waals surface area contributed by atoms with Gasteiger partial charge in [-0.2, -0.15) is 0 Å². The largest absolute Gasteiger partial charge is 0.384 e. The molecule has 2 aromatic heterocycles. The van der Waals surface area contributed by atoms with Crippen molar-refractivity contribution >= 4 is 68.0 Å². The summed E-state index contributed by atoms with van der Waals surface area (Å²) >= 11 is 6.58. The molecule has 3 aromatic rings. The summed E-state index contributed by atoms with van der Waals surface area (Å²) in [6, 6.07) is 9.81. The Bertz CT molecular complexity index is 1540. The van der Waals surface area contributed by atoms with Crippen molar-refractivity contribution in [2.45, 2.75) is 10.6 Å². The number of hydrogen-bond acceptors (Lipinski definition) is 10. The number of benzene rings is 1. The standard InChI is InChI=1S/C25H25ClN6O6S2/c26-20-4-6-23(39-20)40(36,37)30-25(35)29-18-2-5-21(28-15-18)32-22(33)14-16-13-17(1-3-19(16)24(32)34)27-7-8-31-9-11-38-12-10-31/h1-6,13,15,27H,7-12,14H2,(H2,29,30,35). The Morgan fingerprint density at radius 1 is 1.07 bits per heavy atom. The predicted octanol–water partition coefficient (Wildman–Crippen LogP) is 2.78. The Kier molecular flexibility index (Phi) is 8.32. The molecule has 4 heterocycles. The van der Waals surface area contributed by atoms with Crippen molar-refractivity contribution in [2.75, 3.05) is 54.9 Å². The number of amides is 4. The third kappa shape index (κ3) is 6.42. The van der Waals surface area contributed by atoms with Gasteiger partial charge in [-0.05, 0) is 48.0 Å². The van der Waals surface area contributed by atoms with Gasteiger partial charge in [0.15, 0.2) is 0 Å². The van der Waals surface area contributed by atoms with Crippen LogP contribution in [0.2, 0.25) is 4.34 Å². The van der Waals surface area contributed by atoms with Crippen molar-refractivity contribution in [3.05, 3.63) is 64.1 Å². The number of imide groups is 1. The Labute approximate surface area is 239 Å². The molecular weight excluding hydrogens is 580 g/mol. The van der Waals surface area contributed by atoms with E-state index in [0.717, 1.165) is 61.3 Å². The molecule has 210 valence electrons. The highest BCUT2D eigenvalue weighted by molar-refractivity contribution is 7.92. The van der Waals surface area contributed by atoms with Crippen molar-refractivity contribution in [1.29, 1.82) is 0 Å². The third-order valence-corrected chi connectivity index (χ3v) is 9.32. The number of pyridine rings is 1. The number of carbonyl (C=O) groups is 3. The number of hydrogen-bond donors (Lipinski definition) is 3. The first-order valence-electron chi connectivity index (χ1n) is 12.3. The summed E-state index contributed by atoms with van der Waals surface area (Å²) in [7, 11) is -4.10. The van der Waals surface area contributed by atoms with E-state index < -0.39 is 27.9 Å². The van der Waals surface area contributed by atoms with E-state index in [0.29, 0.717) is 11.1 Å². The maximum Gasteiger partial charge on any atom is 0.333 e. The average molecular weight is 605 g/mol. The van der Waals surface area contributed by atoms with Crippen molar-refractivity contribution in [2.24, 2.45) is 0 Å². The van der Waals surface area contributed by atoms with E-state index in [1.165, 1.54) is 30.5 Å². The van der Waals surface area contributed by atoms with Crippen LogP contribution in [0.15, 0.2) is 52.9 Å². The number of nitrogens with one attached hydrogen (secondary N) is 3. The van der Waals surface area contributed by atoms with Crippen LogP contribution in [-0.4, -0.2) is 75.5 Å². The zero-order chi connectivity index (χ0) is 28.3. The number of morpholine rings is 1. The van der Waals surface area contributed by atoms with Crippen LogP contribution >= 0.6 is 22.9 Å². The number of carbonyl (C=O) groups excluding carboxylic acids is 3. The monoisotopic (exact) mass is 604 g/mol. The van der Waals surface area contributed by atoms with Gasteiger partial charge in [-0.3, -0.25) is 14.5 Å². The van der Waals surface area contributed by atoms with Crippen molar-refractivity contribution in [3.8, 4) is 0 Å².